The molecule has 0 spiro atoms. The van der Waals surface area contributed by atoms with Gasteiger partial charge in [-0.15, -0.1) is 24.0 Å². The number of ether oxygens (including phenoxy) is 2. The van der Waals surface area contributed by atoms with E-state index < -0.39 is 0 Å². The first-order valence-corrected chi connectivity index (χ1v) is 8.58. The van der Waals surface area contributed by atoms with Crippen molar-refractivity contribution in [3.8, 4) is 11.5 Å². The van der Waals surface area contributed by atoms with E-state index >= 15 is 0 Å². The number of hydrogen-bond donors (Lipinski definition) is 2. The van der Waals surface area contributed by atoms with Crippen molar-refractivity contribution in [1.29, 1.82) is 0 Å². The summed E-state index contributed by atoms with van der Waals surface area (Å²) in [6, 6.07) is 21.9. The third-order valence-corrected chi connectivity index (χ3v) is 3.94. The summed E-state index contributed by atoms with van der Waals surface area (Å²) < 4.78 is 11.1. The van der Waals surface area contributed by atoms with E-state index in [-0.39, 0.29) is 24.0 Å². The number of nitrogens with one attached hydrogen (secondary N) is 1. The molecule has 0 fully saturated rings. The lowest BCUT2D eigenvalue weighted by Crippen LogP contribution is -2.23. The smallest absolute Gasteiger partial charge is 0.193 e. The van der Waals surface area contributed by atoms with Crippen molar-refractivity contribution >= 4 is 46.4 Å². The Bertz CT molecular complexity index is 899. The highest BCUT2D eigenvalue weighted by atomic mass is 127. The molecule has 0 aliphatic carbocycles. The molecule has 0 amide bonds. The number of halogens is 1. The first kappa shape index (κ1) is 20.8. The number of methoxy groups -OCH3 is 1. The number of rotatable bonds is 7. The minimum atomic E-state index is 0. The Balaban J connectivity index is 0.00000261. The highest BCUT2D eigenvalue weighted by molar-refractivity contribution is 14.0. The summed E-state index contributed by atoms with van der Waals surface area (Å²) in [6.45, 7) is 1.17. The number of para-hydroxylation sites is 2. The first-order chi connectivity index (χ1) is 12.8. The zero-order valence-electron chi connectivity index (χ0n) is 15.2. The van der Waals surface area contributed by atoms with Crippen LogP contribution in [-0.4, -0.2) is 26.2 Å². The fourth-order valence-electron chi connectivity index (χ4n) is 2.64. The van der Waals surface area contributed by atoms with Crippen LogP contribution in [-0.2, 0) is 0 Å². The van der Waals surface area contributed by atoms with Crippen molar-refractivity contribution in [2.75, 3.05) is 25.6 Å². The van der Waals surface area contributed by atoms with Crippen LogP contribution in [0.25, 0.3) is 10.8 Å². The Morgan fingerprint density at radius 1 is 1.00 bits per heavy atom. The molecule has 0 heterocycles. The molecule has 0 aliphatic heterocycles. The van der Waals surface area contributed by atoms with E-state index in [0.717, 1.165) is 23.6 Å². The SMILES string of the molecule is COc1ccccc1NC(N)=NCCCOc1ccc2ccccc2c1.I. The van der Waals surface area contributed by atoms with Crippen molar-refractivity contribution in [3.63, 3.8) is 0 Å². The third kappa shape index (κ3) is 6.02. The van der Waals surface area contributed by atoms with Gasteiger partial charge in [0.15, 0.2) is 5.96 Å². The van der Waals surface area contributed by atoms with Crippen LogP contribution in [0.3, 0.4) is 0 Å². The van der Waals surface area contributed by atoms with E-state index in [1.807, 2.05) is 42.5 Å². The fraction of sp³-hybridized carbons (Fsp3) is 0.190. The van der Waals surface area contributed by atoms with Gasteiger partial charge in [0.2, 0.25) is 0 Å². The van der Waals surface area contributed by atoms with Gasteiger partial charge in [0.05, 0.1) is 19.4 Å². The molecule has 3 N–H and O–H groups in total. The van der Waals surface area contributed by atoms with Gasteiger partial charge in [0, 0.05) is 13.0 Å². The van der Waals surface area contributed by atoms with Gasteiger partial charge in [-0.3, -0.25) is 4.99 Å². The van der Waals surface area contributed by atoms with Crippen LogP contribution >= 0.6 is 24.0 Å². The topological polar surface area (TPSA) is 68.9 Å². The standard InChI is InChI=1S/C21H23N3O2.HI/c1-25-20-10-5-4-9-19(20)24-21(22)23-13-6-14-26-18-12-11-16-7-2-3-8-17(16)15-18;/h2-5,7-12,15H,6,13-14H2,1H3,(H3,22,23,24);1H. The lowest BCUT2D eigenvalue weighted by molar-refractivity contribution is 0.314. The minimum Gasteiger partial charge on any atom is -0.495 e. The quantitative estimate of drug-likeness (QED) is 0.225. The van der Waals surface area contributed by atoms with Gasteiger partial charge in [-0.2, -0.15) is 0 Å². The van der Waals surface area contributed by atoms with Gasteiger partial charge in [0.25, 0.3) is 0 Å². The van der Waals surface area contributed by atoms with Crippen molar-refractivity contribution in [3.05, 3.63) is 66.7 Å². The minimum absolute atomic E-state index is 0. The van der Waals surface area contributed by atoms with Crippen molar-refractivity contribution < 1.29 is 9.47 Å². The summed E-state index contributed by atoms with van der Waals surface area (Å²) in [5, 5.41) is 5.43. The molecule has 6 heteroatoms. The van der Waals surface area contributed by atoms with E-state index in [1.165, 1.54) is 10.8 Å². The zero-order valence-corrected chi connectivity index (χ0v) is 17.6. The monoisotopic (exact) mass is 477 g/mol. The van der Waals surface area contributed by atoms with E-state index in [2.05, 4.69) is 34.6 Å². The maximum Gasteiger partial charge on any atom is 0.193 e. The number of aliphatic imine (C=N–C) groups is 1. The zero-order chi connectivity index (χ0) is 18.2. The van der Waals surface area contributed by atoms with Crippen molar-refractivity contribution in [2.45, 2.75) is 6.42 Å². The molecular weight excluding hydrogens is 453 g/mol. The van der Waals surface area contributed by atoms with Gasteiger partial charge in [-0.25, -0.2) is 0 Å². The fourth-order valence-corrected chi connectivity index (χ4v) is 2.64. The predicted octanol–water partition coefficient (Wildman–Crippen LogP) is 4.66. The van der Waals surface area contributed by atoms with Gasteiger partial charge in [0.1, 0.15) is 11.5 Å². The van der Waals surface area contributed by atoms with Gasteiger partial charge in [-0.05, 0) is 35.0 Å². The average molecular weight is 477 g/mol. The molecule has 3 aromatic carbocycles. The molecule has 5 nitrogen and oxygen atoms in total. The number of guanidine groups is 1. The van der Waals surface area contributed by atoms with Crippen molar-refractivity contribution in [2.24, 2.45) is 10.7 Å². The van der Waals surface area contributed by atoms with Crippen LogP contribution in [0, 0.1) is 0 Å². The predicted molar refractivity (Wildman–Crippen MR) is 123 cm³/mol. The summed E-state index contributed by atoms with van der Waals surface area (Å²) in [6.07, 6.45) is 0.779. The lowest BCUT2D eigenvalue weighted by atomic mass is 10.1. The molecule has 0 saturated heterocycles. The number of nitrogens with two attached hydrogens (primary N) is 1. The van der Waals surface area contributed by atoms with E-state index in [0.29, 0.717) is 19.1 Å². The summed E-state index contributed by atoms with van der Waals surface area (Å²) >= 11 is 0. The summed E-state index contributed by atoms with van der Waals surface area (Å²) in [7, 11) is 1.62. The molecule has 0 aromatic heterocycles. The number of anilines is 1. The number of benzene rings is 3. The van der Waals surface area contributed by atoms with E-state index in [4.69, 9.17) is 15.2 Å². The highest BCUT2D eigenvalue weighted by Crippen LogP contribution is 2.22. The van der Waals surface area contributed by atoms with Crippen LogP contribution in [0.5, 0.6) is 11.5 Å². The Hall–Kier alpha value is -2.48. The molecule has 27 heavy (non-hydrogen) atoms. The summed E-state index contributed by atoms with van der Waals surface area (Å²) in [5.74, 6) is 1.96. The maximum absolute atomic E-state index is 5.93. The Morgan fingerprint density at radius 2 is 1.74 bits per heavy atom. The largest absolute Gasteiger partial charge is 0.495 e. The van der Waals surface area contributed by atoms with Gasteiger partial charge >= 0.3 is 0 Å². The van der Waals surface area contributed by atoms with Crippen LogP contribution in [0.4, 0.5) is 5.69 Å². The lowest BCUT2D eigenvalue weighted by Gasteiger charge is -2.10. The number of nitrogens with zero attached hydrogens (tertiary/aromatic N) is 1. The second-order valence-electron chi connectivity index (χ2n) is 5.80. The van der Waals surface area contributed by atoms with Crippen LogP contribution < -0.4 is 20.5 Å². The van der Waals surface area contributed by atoms with Crippen LogP contribution in [0.1, 0.15) is 6.42 Å². The van der Waals surface area contributed by atoms with Crippen molar-refractivity contribution in [1.82, 2.24) is 0 Å². The normalized spacial score (nSPS) is 10.9. The first-order valence-electron chi connectivity index (χ1n) is 8.58. The van der Waals surface area contributed by atoms with Crippen LogP contribution in [0.2, 0.25) is 0 Å². The Kier molecular flexibility index (Phi) is 8.19. The Morgan fingerprint density at radius 3 is 2.56 bits per heavy atom. The van der Waals surface area contributed by atoms with E-state index in [9.17, 15) is 0 Å². The Labute approximate surface area is 176 Å². The van der Waals surface area contributed by atoms with Gasteiger partial charge in [-0.1, -0.05) is 42.5 Å². The molecule has 3 rings (SSSR count). The van der Waals surface area contributed by atoms with Gasteiger partial charge < -0.3 is 20.5 Å². The molecule has 0 aliphatic rings. The molecule has 0 unspecified atom stereocenters. The summed E-state index contributed by atoms with van der Waals surface area (Å²) in [4.78, 5) is 4.32. The second kappa shape index (κ2) is 10.6. The maximum atomic E-state index is 5.93. The molecule has 3 aromatic rings. The molecular formula is C21H24IN3O2. The highest BCUT2D eigenvalue weighted by Gasteiger charge is 2.02. The molecule has 0 radical (unpaired) electrons. The van der Waals surface area contributed by atoms with Crippen LogP contribution in [0.15, 0.2) is 71.7 Å². The number of fused-ring (bicyclic) bond motifs is 1. The van der Waals surface area contributed by atoms with E-state index in [1.54, 1.807) is 7.11 Å². The second-order valence-corrected chi connectivity index (χ2v) is 5.80. The molecule has 0 saturated carbocycles. The summed E-state index contributed by atoms with van der Waals surface area (Å²) in [5.41, 5.74) is 6.72. The third-order valence-electron chi connectivity index (χ3n) is 3.94. The molecule has 0 bridgehead atoms. The molecule has 142 valence electrons. The average Bonchev–Trinajstić information content (AvgIpc) is 2.68. The number of hydrogen-bond acceptors (Lipinski definition) is 3. The molecule has 0 atom stereocenters.